The van der Waals surface area contributed by atoms with Gasteiger partial charge in [0.15, 0.2) is 11.6 Å². The number of likely N-dealkylation sites (tertiary alicyclic amines) is 1. The minimum atomic E-state index is -0.183. The molecule has 0 saturated carbocycles. The zero-order valence-electron chi connectivity index (χ0n) is 17.0. The van der Waals surface area contributed by atoms with Gasteiger partial charge in [-0.3, -0.25) is 18.7 Å². The lowest BCUT2D eigenvalue weighted by molar-refractivity contribution is 0.0562. The summed E-state index contributed by atoms with van der Waals surface area (Å²) in [5.41, 5.74) is 2.07. The van der Waals surface area contributed by atoms with Gasteiger partial charge in [-0.05, 0) is 49.1 Å². The summed E-state index contributed by atoms with van der Waals surface area (Å²) in [7, 11) is 0. The van der Waals surface area contributed by atoms with Gasteiger partial charge in [0.05, 0.1) is 0 Å². The lowest BCUT2D eigenvalue weighted by Crippen LogP contribution is -2.49. The van der Waals surface area contributed by atoms with E-state index in [0.717, 1.165) is 44.9 Å². The Morgan fingerprint density at radius 2 is 1.47 bits per heavy atom. The second kappa shape index (κ2) is 7.67. The molecule has 0 aromatic heterocycles. The van der Waals surface area contributed by atoms with Gasteiger partial charge < -0.3 is 4.90 Å². The molecular weight excluding hydrogens is 396 g/mol. The second-order valence-electron chi connectivity index (χ2n) is 8.38. The van der Waals surface area contributed by atoms with Crippen LogP contribution >= 0.6 is 11.9 Å². The summed E-state index contributed by atoms with van der Waals surface area (Å²) in [5.74, 6) is 1.06. The highest BCUT2D eigenvalue weighted by Gasteiger charge is 2.36. The second-order valence-corrected chi connectivity index (χ2v) is 9.26. The van der Waals surface area contributed by atoms with Gasteiger partial charge in [0.1, 0.15) is 0 Å². The van der Waals surface area contributed by atoms with E-state index in [4.69, 9.17) is 0 Å². The normalized spacial score (nSPS) is 20.0. The molecule has 2 heterocycles. The topological polar surface area (TPSA) is 57.7 Å². The molecule has 154 valence electrons. The predicted molar refractivity (Wildman–Crippen MR) is 117 cm³/mol. The minimum Gasteiger partial charge on any atom is -0.339 e. The van der Waals surface area contributed by atoms with Crippen molar-refractivity contribution < 1.29 is 14.4 Å². The zero-order valence-corrected chi connectivity index (χ0v) is 17.8. The van der Waals surface area contributed by atoms with Crippen LogP contribution in [0.1, 0.15) is 55.0 Å². The predicted octanol–water partition coefficient (Wildman–Crippen LogP) is 3.52. The molecule has 2 aliphatic heterocycles. The molecule has 1 aliphatic carbocycles. The quantitative estimate of drug-likeness (QED) is 0.607. The number of rotatable bonds is 3. The number of nitrogens with zero attached hydrogens (tertiary/aromatic N) is 2. The van der Waals surface area contributed by atoms with E-state index in [-0.39, 0.29) is 17.5 Å². The number of carbonyl (C=O) groups is 3. The van der Waals surface area contributed by atoms with Crippen LogP contribution in [0.5, 0.6) is 0 Å². The lowest BCUT2D eigenvalue weighted by Gasteiger charge is -2.45. The van der Waals surface area contributed by atoms with Crippen molar-refractivity contribution in [3.05, 3.63) is 70.3 Å². The average molecular weight is 421 g/mol. The molecule has 0 bridgehead atoms. The summed E-state index contributed by atoms with van der Waals surface area (Å²) < 4.78 is 2.38. The Labute approximate surface area is 180 Å². The molecule has 2 aromatic rings. The van der Waals surface area contributed by atoms with Crippen molar-refractivity contribution in [3.63, 3.8) is 0 Å². The molecule has 0 atom stereocenters. The Hall–Kier alpha value is -2.44. The van der Waals surface area contributed by atoms with Crippen molar-refractivity contribution >= 4 is 29.4 Å². The van der Waals surface area contributed by atoms with Crippen molar-refractivity contribution in [3.8, 4) is 0 Å². The maximum absolute atomic E-state index is 13.1. The average Bonchev–Trinajstić information content (AvgIpc) is 2.76. The van der Waals surface area contributed by atoms with Crippen molar-refractivity contribution in [1.82, 2.24) is 9.21 Å². The van der Waals surface area contributed by atoms with Crippen LogP contribution in [0.4, 0.5) is 0 Å². The van der Waals surface area contributed by atoms with Gasteiger partial charge in [0, 0.05) is 54.0 Å². The van der Waals surface area contributed by atoms with Gasteiger partial charge >= 0.3 is 0 Å². The molecule has 5 nitrogen and oxygen atoms in total. The number of benzene rings is 2. The summed E-state index contributed by atoms with van der Waals surface area (Å²) in [6.45, 7) is 3.82. The highest BCUT2D eigenvalue weighted by molar-refractivity contribution is 7.96. The smallest absolute Gasteiger partial charge is 0.253 e. The third kappa shape index (κ3) is 3.19. The van der Waals surface area contributed by atoms with Crippen molar-refractivity contribution in [1.29, 1.82) is 0 Å². The fraction of sp³-hybridized carbons (Fsp3) is 0.375. The summed E-state index contributed by atoms with van der Waals surface area (Å²) in [6.07, 6.45) is 4.19. The van der Waals surface area contributed by atoms with Gasteiger partial charge in [-0.25, -0.2) is 0 Å². The van der Waals surface area contributed by atoms with Gasteiger partial charge in [0.2, 0.25) is 0 Å². The first kappa shape index (κ1) is 19.5. The molecule has 2 saturated heterocycles. The molecule has 0 radical (unpaired) electrons. The van der Waals surface area contributed by atoms with Crippen LogP contribution in [-0.2, 0) is 0 Å². The number of piperidine rings is 1. The number of carbonyl (C=O) groups excluding carboxylic acids is 3. The molecular formula is C24H24N2O3S. The van der Waals surface area contributed by atoms with E-state index in [1.54, 1.807) is 54.4 Å². The highest BCUT2D eigenvalue weighted by Crippen LogP contribution is 2.35. The molecule has 3 aliphatic rings. The summed E-state index contributed by atoms with van der Waals surface area (Å²) >= 11 is 1.81. The van der Waals surface area contributed by atoms with E-state index in [2.05, 4.69) is 10.6 Å². The Morgan fingerprint density at radius 3 is 2.10 bits per heavy atom. The van der Waals surface area contributed by atoms with Gasteiger partial charge in [-0.1, -0.05) is 36.2 Å². The maximum atomic E-state index is 13.1. The number of hydrogen-bond donors (Lipinski definition) is 0. The van der Waals surface area contributed by atoms with E-state index in [1.165, 1.54) is 0 Å². The van der Waals surface area contributed by atoms with Crippen LogP contribution in [0.3, 0.4) is 0 Å². The maximum Gasteiger partial charge on any atom is 0.253 e. The largest absolute Gasteiger partial charge is 0.339 e. The molecule has 2 fully saturated rings. The van der Waals surface area contributed by atoms with Crippen LogP contribution in [-0.4, -0.2) is 59.1 Å². The Bertz CT molecular complexity index is 1040. The van der Waals surface area contributed by atoms with Crippen LogP contribution in [0, 0.1) is 11.8 Å². The van der Waals surface area contributed by atoms with Crippen molar-refractivity contribution in [2.75, 3.05) is 32.4 Å². The van der Waals surface area contributed by atoms with Crippen LogP contribution < -0.4 is 0 Å². The number of amides is 1. The van der Waals surface area contributed by atoms with E-state index < -0.39 is 0 Å². The van der Waals surface area contributed by atoms with Gasteiger partial charge in [-0.15, -0.1) is 0 Å². The van der Waals surface area contributed by atoms with Crippen molar-refractivity contribution in [2.24, 2.45) is 11.8 Å². The monoisotopic (exact) mass is 420 g/mol. The molecule has 0 spiro atoms. The summed E-state index contributed by atoms with van der Waals surface area (Å²) in [4.78, 5) is 40.7. The van der Waals surface area contributed by atoms with Crippen LogP contribution in [0.15, 0.2) is 42.5 Å². The molecule has 6 heteroatoms. The van der Waals surface area contributed by atoms with Crippen molar-refractivity contribution in [2.45, 2.75) is 12.8 Å². The Kier molecular flexibility index (Phi) is 4.99. The SMILES string of the molecule is CSN1CC(C2CCN(C(=O)c3ccc4c(c3)C(=O)c3ccccc3C4=O)CC2)C1. The minimum absolute atomic E-state index is 0.0466. The first-order valence-electron chi connectivity index (χ1n) is 10.5. The molecule has 5 rings (SSSR count). The molecule has 30 heavy (non-hydrogen) atoms. The summed E-state index contributed by atoms with van der Waals surface area (Å²) in [5, 5.41) is 0. The molecule has 2 aromatic carbocycles. The van der Waals surface area contributed by atoms with Gasteiger partial charge in [-0.2, -0.15) is 0 Å². The zero-order chi connectivity index (χ0) is 20.8. The standard InChI is InChI=1S/C24H24N2O3S/c1-30-26-13-17(14-26)15-8-10-25(11-9-15)24(29)16-6-7-20-21(12-16)23(28)19-5-3-2-4-18(19)22(20)27/h2-7,12,15,17H,8-11,13-14H2,1H3. The molecule has 1 amide bonds. The van der Waals surface area contributed by atoms with E-state index in [9.17, 15) is 14.4 Å². The molecule has 0 N–H and O–H groups in total. The lowest BCUT2D eigenvalue weighted by atomic mass is 9.80. The highest BCUT2D eigenvalue weighted by atomic mass is 32.2. The molecule has 0 unspecified atom stereocenters. The first-order chi connectivity index (χ1) is 14.6. The third-order valence-electron chi connectivity index (χ3n) is 6.80. The fourth-order valence-electron chi connectivity index (χ4n) is 4.91. The van der Waals surface area contributed by atoms with Gasteiger partial charge in [0.25, 0.3) is 5.91 Å². The third-order valence-corrected chi connectivity index (χ3v) is 7.61. The summed E-state index contributed by atoms with van der Waals surface area (Å²) in [6, 6.07) is 11.8. The van der Waals surface area contributed by atoms with E-state index in [1.807, 2.05) is 4.90 Å². The number of hydrogen-bond acceptors (Lipinski definition) is 5. The van der Waals surface area contributed by atoms with E-state index >= 15 is 0 Å². The van der Waals surface area contributed by atoms with Crippen LogP contribution in [0.2, 0.25) is 0 Å². The Morgan fingerprint density at radius 1 is 0.867 bits per heavy atom. The Balaban J connectivity index is 1.31. The number of fused-ring (bicyclic) bond motifs is 2. The van der Waals surface area contributed by atoms with E-state index in [0.29, 0.717) is 33.7 Å². The number of ketones is 2. The fourth-order valence-corrected chi connectivity index (χ4v) is 5.59. The van der Waals surface area contributed by atoms with Crippen LogP contribution in [0.25, 0.3) is 0 Å². The first-order valence-corrected chi connectivity index (χ1v) is 11.7.